The molecule has 3 rings (SSSR count). The molecule has 0 amide bonds. The lowest BCUT2D eigenvalue weighted by Crippen LogP contribution is -2.20. The number of ketones is 1. The van der Waals surface area contributed by atoms with Crippen LogP contribution < -0.4 is 4.74 Å². The molecule has 0 aliphatic rings. The Morgan fingerprint density at radius 2 is 1.86 bits per heavy atom. The van der Waals surface area contributed by atoms with Crippen LogP contribution in [-0.4, -0.2) is 23.3 Å². The van der Waals surface area contributed by atoms with E-state index in [4.69, 9.17) is 9.47 Å². The van der Waals surface area contributed by atoms with Crippen LogP contribution >= 0.6 is 11.3 Å². The number of aromatic nitrogens is 1. The summed E-state index contributed by atoms with van der Waals surface area (Å²) in [6.45, 7) is 1.26. The van der Waals surface area contributed by atoms with Gasteiger partial charge < -0.3 is 9.47 Å². The number of nitriles is 1. The zero-order valence-electron chi connectivity index (χ0n) is 15.0. The van der Waals surface area contributed by atoms with Gasteiger partial charge in [-0.2, -0.15) is 5.26 Å². The minimum Gasteiger partial charge on any atom is -0.456 e. The van der Waals surface area contributed by atoms with Gasteiger partial charge in [-0.25, -0.2) is 9.78 Å². The Bertz CT molecular complexity index is 1020. The fourth-order valence-electron chi connectivity index (χ4n) is 2.41. The van der Waals surface area contributed by atoms with Gasteiger partial charge in [-0.3, -0.25) is 4.79 Å². The topological polar surface area (TPSA) is 89.3 Å². The molecule has 1 heterocycles. The van der Waals surface area contributed by atoms with Gasteiger partial charge in [0.25, 0.3) is 0 Å². The average Bonchev–Trinajstić information content (AvgIpc) is 3.14. The fourth-order valence-corrected chi connectivity index (χ4v) is 3.27. The van der Waals surface area contributed by atoms with Crippen LogP contribution in [0.3, 0.4) is 0 Å². The summed E-state index contributed by atoms with van der Waals surface area (Å²) in [5, 5.41) is 11.4. The maximum Gasteiger partial charge on any atom is 0.342 e. The third-order valence-corrected chi connectivity index (χ3v) is 4.79. The Labute approximate surface area is 166 Å². The van der Waals surface area contributed by atoms with E-state index < -0.39 is 24.3 Å². The van der Waals surface area contributed by atoms with Gasteiger partial charge in [0.05, 0.1) is 6.07 Å². The number of rotatable bonds is 7. The summed E-state index contributed by atoms with van der Waals surface area (Å²) >= 11 is 1.23. The maximum absolute atomic E-state index is 12.5. The Morgan fingerprint density at radius 1 is 1.14 bits per heavy atom. The van der Waals surface area contributed by atoms with Crippen molar-refractivity contribution >= 4 is 23.1 Å². The minimum absolute atomic E-state index is 0.192. The first-order valence-corrected chi connectivity index (χ1v) is 9.30. The molecule has 0 bridgehead atoms. The molecule has 3 aromatic rings. The number of aryl methyl sites for hydroxylation is 1. The normalized spacial score (nSPS) is 11.3. The number of nitrogens with zero attached hydrogens (tertiary/aromatic N) is 2. The molecule has 7 heteroatoms. The molecule has 6 nitrogen and oxygen atoms in total. The average molecular weight is 392 g/mol. The number of para-hydroxylation sites is 2. The second-order valence-corrected chi connectivity index (χ2v) is 6.73. The van der Waals surface area contributed by atoms with Crippen LogP contribution in [0.15, 0.2) is 60.0 Å². The molecule has 0 fully saturated rings. The number of esters is 1. The third-order valence-electron chi connectivity index (χ3n) is 3.76. The summed E-state index contributed by atoms with van der Waals surface area (Å²) < 4.78 is 10.9. The van der Waals surface area contributed by atoms with E-state index >= 15 is 0 Å². The summed E-state index contributed by atoms with van der Waals surface area (Å²) in [6, 6.07) is 17.5. The van der Waals surface area contributed by atoms with Crippen molar-refractivity contribution in [2.45, 2.75) is 12.8 Å². The number of Topliss-reactive ketones (excluding diaryl/α,β-unsaturated/α-hetero) is 1. The van der Waals surface area contributed by atoms with Crippen molar-refractivity contribution in [3.63, 3.8) is 0 Å². The Kier molecular flexibility index (Phi) is 6.14. The predicted octanol–water partition coefficient (Wildman–Crippen LogP) is 4.28. The zero-order valence-corrected chi connectivity index (χ0v) is 15.8. The van der Waals surface area contributed by atoms with Crippen molar-refractivity contribution in [3.05, 3.63) is 76.2 Å². The molecule has 2 aromatic carbocycles. The Balaban J connectivity index is 1.68. The van der Waals surface area contributed by atoms with E-state index in [1.807, 2.05) is 24.3 Å². The molecule has 1 unspecified atom stereocenters. The van der Waals surface area contributed by atoms with Crippen molar-refractivity contribution in [3.8, 4) is 17.6 Å². The summed E-state index contributed by atoms with van der Waals surface area (Å²) in [5.74, 6) is -1.39. The van der Waals surface area contributed by atoms with Crippen molar-refractivity contribution < 1.29 is 19.1 Å². The molecule has 0 spiro atoms. The van der Waals surface area contributed by atoms with Crippen LogP contribution in [-0.2, 0) is 9.53 Å². The quantitative estimate of drug-likeness (QED) is 0.558. The van der Waals surface area contributed by atoms with Gasteiger partial charge in [0.2, 0.25) is 0 Å². The number of carbonyl (C=O) groups is 2. The first-order valence-electron chi connectivity index (χ1n) is 8.42. The summed E-state index contributed by atoms with van der Waals surface area (Å²) in [4.78, 5) is 29.0. The minimum atomic E-state index is -1.05. The van der Waals surface area contributed by atoms with Crippen LogP contribution in [0.25, 0.3) is 0 Å². The molecular weight excluding hydrogens is 376 g/mol. The van der Waals surface area contributed by atoms with Crippen molar-refractivity contribution in [1.82, 2.24) is 4.98 Å². The van der Waals surface area contributed by atoms with E-state index in [2.05, 4.69) is 4.98 Å². The molecule has 0 aliphatic heterocycles. The van der Waals surface area contributed by atoms with Crippen LogP contribution in [0, 0.1) is 18.3 Å². The molecule has 28 heavy (non-hydrogen) atoms. The highest BCUT2D eigenvalue weighted by molar-refractivity contribution is 7.09. The molecule has 0 aliphatic carbocycles. The second kappa shape index (κ2) is 8.93. The molecule has 0 N–H and O–H groups in total. The van der Waals surface area contributed by atoms with E-state index in [1.54, 1.807) is 48.7 Å². The SMILES string of the molecule is Cc1csc(C(C#N)C(=O)COC(=O)c2ccccc2Oc2ccccc2)n1. The molecule has 1 aromatic heterocycles. The highest BCUT2D eigenvalue weighted by atomic mass is 32.1. The number of hydrogen-bond donors (Lipinski definition) is 0. The largest absolute Gasteiger partial charge is 0.456 e. The molecule has 1 atom stereocenters. The second-order valence-electron chi connectivity index (χ2n) is 5.84. The molecule has 0 saturated carbocycles. The third kappa shape index (κ3) is 4.61. The first-order chi connectivity index (χ1) is 13.6. The van der Waals surface area contributed by atoms with Crippen LogP contribution in [0.2, 0.25) is 0 Å². The van der Waals surface area contributed by atoms with Crippen molar-refractivity contribution in [2.24, 2.45) is 0 Å². The van der Waals surface area contributed by atoms with Gasteiger partial charge >= 0.3 is 5.97 Å². The van der Waals surface area contributed by atoms with Crippen molar-refractivity contribution in [1.29, 1.82) is 5.26 Å². The van der Waals surface area contributed by atoms with Crippen LogP contribution in [0.5, 0.6) is 11.5 Å². The van der Waals surface area contributed by atoms with Gasteiger partial charge in [0.15, 0.2) is 18.3 Å². The van der Waals surface area contributed by atoms with Gasteiger partial charge in [-0.05, 0) is 31.2 Å². The van der Waals surface area contributed by atoms with Crippen LogP contribution in [0.1, 0.15) is 27.0 Å². The van der Waals surface area contributed by atoms with Gasteiger partial charge in [0, 0.05) is 11.1 Å². The number of carbonyl (C=O) groups excluding carboxylic acids is 2. The lowest BCUT2D eigenvalue weighted by Gasteiger charge is -2.11. The van der Waals surface area contributed by atoms with Gasteiger partial charge in [-0.1, -0.05) is 30.3 Å². The van der Waals surface area contributed by atoms with Gasteiger partial charge in [0.1, 0.15) is 22.1 Å². The number of ether oxygens (including phenoxy) is 2. The van der Waals surface area contributed by atoms with Crippen molar-refractivity contribution in [2.75, 3.05) is 6.61 Å². The van der Waals surface area contributed by atoms with Crippen LogP contribution in [0.4, 0.5) is 0 Å². The zero-order chi connectivity index (χ0) is 19.9. The molecule has 0 saturated heterocycles. The number of thiazole rings is 1. The molecular formula is C21H16N2O4S. The fraction of sp³-hybridized carbons (Fsp3) is 0.143. The first kappa shape index (κ1) is 19.3. The molecule has 0 radical (unpaired) electrons. The number of benzene rings is 2. The van der Waals surface area contributed by atoms with Gasteiger partial charge in [-0.15, -0.1) is 11.3 Å². The monoisotopic (exact) mass is 392 g/mol. The maximum atomic E-state index is 12.5. The lowest BCUT2D eigenvalue weighted by molar-refractivity contribution is -0.122. The van der Waals surface area contributed by atoms with E-state index in [9.17, 15) is 14.9 Å². The Morgan fingerprint density at radius 3 is 2.54 bits per heavy atom. The lowest BCUT2D eigenvalue weighted by atomic mass is 10.1. The Hall–Kier alpha value is -3.50. The summed E-state index contributed by atoms with van der Waals surface area (Å²) in [7, 11) is 0. The highest BCUT2D eigenvalue weighted by Gasteiger charge is 2.25. The smallest absolute Gasteiger partial charge is 0.342 e. The predicted molar refractivity (Wildman–Crippen MR) is 103 cm³/mol. The summed E-state index contributed by atoms with van der Waals surface area (Å²) in [6.07, 6.45) is 0. The van der Waals surface area contributed by atoms with E-state index in [0.717, 1.165) is 5.69 Å². The van der Waals surface area contributed by atoms with E-state index in [0.29, 0.717) is 16.5 Å². The highest BCUT2D eigenvalue weighted by Crippen LogP contribution is 2.26. The molecule has 140 valence electrons. The van der Waals surface area contributed by atoms with E-state index in [1.165, 1.54) is 11.3 Å². The standard InChI is InChI=1S/C21H16N2O4S/c1-14-13-28-20(23-14)17(11-22)18(24)12-26-21(25)16-9-5-6-10-19(16)27-15-7-3-2-4-8-15/h2-10,13,17H,12H2,1H3. The van der Waals surface area contributed by atoms with E-state index in [-0.39, 0.29) is 5.56 Å². The number of hydrogen-bond acceptors (Lipinski definition) is 7. The summed E-state index contributed by atoms with van der Waals surface area (Å²) in [5.41, 5.74) is 0.926.